The molecule has 0 bridgehead atoms. The van der Waals surface area contributed by atoms with E-state index in [-0.39, 0.29) is 11.0 Å². The number of para-hydroxylation sites is 1. The van der Waals surface area contributed by atoms with Gasteiger partial charge in [-0.1, -0.05) is 12.1 Å². The number of hydrogen-bond donors (Lipinski definition) is 2. The van der Waals surface area contributed by atoms with Gasteiger partial charge in [0.15, 0.2) is 5.11 Å². The second kappa shape index (κ2) is 8.34. The van der Waals surface area contributed by atoms with Gasteiger partial charge in [0, 0.05) is 6.07 Å². The van der Waals surface area contributed by atoms with Crippen LogP contribution in [0.4, 0.5) is 5.69 Å². The third-order valence-corrected chi connectivity index (χ3v) is 3.75. The SMILES string of the molecule is COc1ccc(OC)c(NC(=S)NC(=O)c2cccc(C)c2OC)c1. The van der Waals surface area contributed by atoms with Crippen molar-refractivity contribution in [3.63, 3.8) is 0 Å². The minimum atomic E-state index is -0.361. The number of benzene rings is 2. The highest BCUT2D eigenvalue weighted by Gasteiger charge is 2.16. The van der Waals surface area contributed by atoms with Gasteiger partial charge in [-0.3, -0.25) is 10.1 Å². The number of aryl methyl sites for hydroxylation is 1. The van der Waals surface area contributed by atoms with Crippen LogP contribution in [0.1, 0.15) is 15.9 Å². The molecule has 6 nitrogen and oxygen atoms in total. The van der Waals surface area contributed by atoms with Crippen molar-refractivity contribution in [2.24, 2.45) is 0 Å². The summed E-state index contributed by atoms with van der Waals surface area (Å²) >= 11 is 5.23. The minimum absolute atomic E-state index is 0.139. The first-order valence-corrected chi connectivity index (χ1v) is 7.89. The highest BCUT2D eigenvalue weighted by molar-refractivity contribution is 7.80. The van der Waals surface area contributed by atoms with E-state index in [0.717, 1.165) is 5.56 Å². The number of thiocarbonyl (C=S) groups is 1. The molecular weight excluding hydrogens is 340 g/mol. The van der Waals surface area contributed by atoms with E-state index in [1.165, 1.54) is 7.11 Å². The zero-order valence-corrected chi connectivity index (χ0v) is 15.3. The Balaban J connectivity index is 2.16. The highest BCUT2D eigenvalue weighted by atomic mass is 32.1. The molecule has 0 spiro atoms. The van der Waals surface area contributed by atoms with Crippen molar-refractivity contribution in [2.75, 3.05) is 26.6 Å². The number of carbonyl (C=O) groups is 1. The van der Waals surface area contributed by atoms with Gasteiger partial charge in [0.25, 0.3) is 5.91 Å². The lowest BCUT2D eigenvalue weighted by Gasteiger charge is -2.15. The fraction of sp³-hybridized carbons (Fsp3) is 0.222. The molecule has 2 aromatic carbocycles. The fourth-order valence-electron chi connectivity index (χ4n) is 2.34. The van der Waals surface area contributed by atoms with Gasteiger partial charge in [-0.15, -0.1) is 0 Å². The Labute approximate surface area is 152 Å². The standard InChI is InChI=1S/C18H20N2O4S/c1-11-6-5-7-13(16(11)24-4)17(21)20-18(25)19-14-10-12(22-2)8-9-15(14)23-3/h5-10H,1-4H3,(H2,19,20,21,25). The lowest BCUT2D eigenvalue weighted by Crippen LogP contribution is -2.34. The Bertz CT molecular complexity index is 793. The van der Waals surface area contributed by atoms with Crippen molar-refractivity contribution in [1.29, 1.82) is 0 Å². The summed E-state index contributed by atoms with van der Waals surface area (Å²) in [6.45, 7) is 1.87. The quantitative estimate of drug-likeness (QED) is 0.799. The Kier molecular flexibility index (Phi) is 6.19. The van der Waals surface area contributed by atoms with Gasteiger partial charge < -0.3 is 19.5 Å². The van der Waals surface area contributed by atoms with Gasteiger partial charge in [0.2, 0.25) is 0 Å². The lowest BCUT2D eigenvalue weighted by atomic mass is 10.1. The molecule has 0 atom stereocenters. The van der Waals surface area contributed by atoms with Gasteiger partial charge in [0.1, 0.15) is 17.2 Å². The molecular formula is C18H20N2O4S. The van der Waals surface area contributed by atoms with Crippen LogP contribution in [-0.2, 0) is 0 Å². The maximum atomic E-state index is 12.5. The number of rotatable bonds is 5. The summed E-state index contributed by atoms with van der Waals surface area (Å²) in [5.41, 5.74) is 1.86. The Morgan fingerprint density at radius 1 is 1.04 bits per heavy atom. The van der Waals surface area contributed by atoms with E-state index in [0.29, 0.717) is 28.5 Å². The van der Waals surface area contributed by atoms with Crippen LogP contribution in [-0.4, -0.2) is 32.3 Å². The van der Waals surface area contributed by atoms with Crippen LogP contribution in [0, 0.1) is 6.92 Å². The fourth-order valence-corrected chi connectivity index (χ4v) is 2.54. The molecule has 0 unspecified atom stereocenters. The summed E-state index contributed by atoms with van der Waals surface area (Å²) in [5, 5.41) is 5.72. The molecule has 0 saturated heterocycles. The van der Waals surface area contributed by atoms with Gasteiger partial charge in [-0.25, -0.2) is 0 Å². The topological polar surface area (TPSA) is 68.8 Å². The number of carbonyl (C=O) groups excluding carboxylic acids is 1. The molecule has 1 amide bonds. The van der Waals surface area contributed by atoms with E-state index in [1.54, 1.807) is 44.6 Å². The van der Waals surface area contributed by atoms with Gasteiger partial charge in [-0.2, -0.15) is 0 Å². The van der Waals surface area contributed by atoms with Crippen LogP contribution < -0.4 is 24.8 Å². The van der Waals surface area contributed by atoms with E-state index >= 15 is 0 Å². The predicted molar refractivity (Wildman–Crippen MR) is 101 cm³/mol. The van der Waals surface area contributed by atoms with E-state index in [2.05, 4.69) is 10.6 Å². The molecule has 25 heavy (non-hydrogen) atoms. The summed E-state index contributed by atoms with van der Waals surface area (Å²) in [4.78, 5) is 12.5. The van der Waals surface area contributed by atoms with Crippen LogP contribution in [0.5, 0.6) is 17.2 Å². The molecule has 0 aromatic heterocycles. The van der Waals surface area contributed by atoms with Gasteiger partial charge >= 0.3 is 0 Å². The van der Waals surface area contributed by atoms with Crippen molar-refractivity contribution in [1.82, 2.24) is 5.32 Å². The van der Waals surface area contributed by atoms with Crippen molar-refractivity contribution >= 4 is 28.9 Å². The molecule has 132 valence electrons. The second-order valence-corrected chi connectivity index (χ2v) is 5.54. The Morgan fingerprint density at radius 2 is 1.80 bits per heavy atom. The van der Waals surface area contributed by atoms with E-state index < -0.39 is 0 Å². The maximum Gasteiger partial charge on any atom is 0.261 e. The van der Waals surface area contributed by atoms with Crippen LogP contribution >= 0.6 is 12.2 Å². The largest absolute Gasteiger partial charge is 0.497 e. The number of ether oxygens (including phenoxy) is 3. The molecule has 0 aliphatic carbocycles. The third kappa shape index (κ3) is 4.39. The summed E-state index contributed by atoms with van der Waals surface area (Å²) in [6.07, 6.45) is 0. The average molecular weight is 360 g/mol. The number of hydrogen-bond acceptors (Lipinski definition) is 5. The second-order valence-electron chi connectivity index (χ2n) is 5.13. The number of anilines is 1. The van der Waals surface area contributed by atoms with Crippen molar-refractivity contribution in [3.8, 4) is 17.2 Å². The van der Waals surface area contributed by atoms with Crippen LogP contribution in [0.3, 0.4) is 0 Å². The average Bonchev–Trinajstić information content (AvgIpc) is 2.61. The monoisotopic (exact) mass is 360 g/mol. The number of nitrogens with one attached hydrogen (secondary N) is 2. The third-order valence-electron chi connectivity index (χ3n) is 3.54. The first kappa shape index (κ1) is 18.5. The summed E-state index contributed by atoms with van der Waals surface area (Å²) < 4.78 is 15.8. The van der Waals surface area contributed by atoms with Gasteiger partial charge in [-0.05, 0) is 42.9 Å². The number of methoxy groups -OCH3 is 3. The summed E-state index contributed by atoms with van der Waals surface area (Å²) in [6, 6.07) is 10.6. The molecule has 2 N–H and O–H groups in total. The summed E-state index contributed by atoms with van der Waals surface area (Å²) in [5.74, 6) is 1.37. The van der Waals surface area contributed by atoms with Crippen molar-refractivity contribution in [3.05, 3.63) is 47.5 Å². The van der Waals surface area contributed by atoms with Crippen LogP contribution in [0.25, 0.3) is 0 Å². The molecule has 0 saturated carbocycles. The van der Waals surface area contributed by atoms with Crippen molar-refractivity contribution in [2.45, 2.75) is 6.92 Å². The smallest absolute Gasteiger partial charge is 0.261 e. The molecule has 0 aliphatic rings. The molecule has 0 radical (unpaired) electrons. The summed E-state index contributed by atoms with van der Waals surface area (Å²) in [7, 11) is 4.64. The first-order chi connectivity index (χ1) is 12.0. The molecule has 0 heterocycles. The van der Waals surface area contributed by atoms with Crippen molar-refractivity contribution < 1.29 is 19.0 Å². The maximum absolute atomic E-state index is 12.5. The molecule has 0 aliphatic heterocycles. The molecule has 2 aromatic rings. The Hall–Kier alpha value is -2.80. The minimum Gasteiger partial charge on any atom is -0.497 e. The lowest BCUT2D eigenvalue weighted by molar-refractivity contribution is 0.0974. The van der Waals surface area contributed by atoms with E-state index in [1.807, 2.05) is 13.0 Å². The van der Waals surface area contributed by atoms with Crippen LogP contribution in [0.2, 0.25) is 0 Å². The van der Waals surface area contributed by atoms with E-state index in [9.17, 15) is 4.79 Å². The highest BCUT2D eigenvalue weighted by Crippen LogP contribution is 2.29. The normalized spacial score (nSPS) is 9.92. The molecule has 2 rings (SSSR count). The first-order valence-electron chi connectivity index (χ1n) is 7.48. The molecule has 0 fully saturated rings. The molecule has 7 heteroatoms. The zero-order valence-electron chi connectivity index (χ0n) is 14.5. The Morgan fingerprint density at radius 3 is 2.44 bits per heavy atom. The van der Waals surface area contributed by atoms with Gasteiger partial charge in [0.05, 0.1) is 32.6 Å². The number of amides is 1. The van der Waals surface area contributed by atoms with Crippen LogP contribution in [0.15, 0.2) is 36.4 Å². The zero-order chi connectivity index (χ0) is 18.4. The predicted octanol–water partition coefficient (Wildman–Crippen LogP) is 3.15. The van der Waals surface area contributed by atoms with E-state index in [4.69, 9.17) is 26.4 Å².